The molecule has 4 aromatic rings. The fourth-order valence-corrected chi connectivity index (χ4v) is 8.71. The number of benzene rings is 5. The van der Waals surface area contributed by atoms with Crippen LogP contribution in [0.3, 0.4) is 0 Å². The molecule has 0 unspecified atom stereocenters. The summed E-state index contributed by atoms with van der Waals surface area (Å²) in [4.78, 5) is 29.2. The smallest absolute Gasteiger partial charge is 0.296 e. The van der Waals surface area contributed by atoms with Crippen LogP contribution in [-0.4, -0.2) is 37.8 Å². The molecule has 60 heavy (non-hydrogen) atoms. The first-order chi connectivity index (χ1) is 28.0. The number of fused-ring (bicyclic) bond motifs is 2. The van der Waals surface area contributed by atoms with Gasteiger partial charge >= 0.3 is 0 Å². The molecule has 4 aromatic carbocycles. The van der Waals surface area contributed by atoms with Crippen molar-refractivity contribution in [3.05, 3.63) is 105 Å². The van der Waals surface area contributed by atoms with Crippen molar-refractivity contribution in [3.8, 4) is 22.5 Å². The molecule has 0 fully saturated rings. The Morgan fingerprint density at radius 2 is 1.18 bits per heavy atom. The SMILES string of the molecule is Cc1cc(C)c(NC(=O)C(C)C)c(C)c1/N=c1/cc2oc3cc(Nc4c(C)cc(C)c(NC(=O)C(C)C)c4C)ccc3c(-c3ccccc3S(=O)(=O)O)c-2cc1S(=O)(=O)O. The Morgan fingerprint density at radius 1 is 0.633 bits per heavy atom. The van der Waals surface area contributed by atoms with Gasteiger partial charge in [-0.2, -0.15) is 16.8 Å². The molecule has 1 heterocycles. The molecule has 15 heteroatoms. The fraction of sp³-hybridized carbons (Fsp3) is 0.267. The second kappa shape index (κ2) is 16.3. The van der Waals surface area contributed by atoms with Crippen LogP contribution in [0, 0.1) is 53.4 Å². The van der Waals surface area contributed by atoms with E-state index in [2.05, 4.69) is 16.0 Å². The summed E-state index contributed by atoms with van der Waals surface area (Å²) in [6.07, 6.45) is 0. The van der Waals surface area contributed by atoms with Crippen molar-refractivity contribution in [1.82, 2.24) is 0 Å². The van der Waals surface area contributed by atoms with Gasteiger partial charge < -0.3 is 20.4 Å². The molecular formula is C45H48N4O9S2. The normalized spacial score (nSPS) is 12.5. The molecule has 2 aliphatic rings. The second-order valence-electron chi connectivity index (χ2n) is 15.7. The average molecular weight is 853 g/mol. The van der Waals surface area contributed by atoms with Crippen molar-refractivity contribution in [1.29, 1.82) is 0 Å². The van der Waals surface area contributed by atoms with Gasteiger partial charge in [-0.3, -0.25) is 18.7 Å². The number of hydrogen-bond donors (Lipinski definition) is 5. The topological polar surface area (TPSA) is 204 Å². The van der Waals surface area contributed by atoms with Crippen LogP contribution in [0.2, 0.25) is 0 Å². The number of hydrogen-bond acceptors (Lipinski definition) is 9. The number of nitrogens with one attached hydrogen (secondary N) is 3. The lowest BCUT2D eigenvalue weighted by Gasteiger charge is -2.21. The van der Waals surface area contributed by atoms with E-state index in [0.29, 0.717) is 39.3 Å². The third-order valence-electron chi connectivity index (χ3n) is 10.5. The van der Waals surface area contributed by atoms with Crippen LogP contribution < -0.4 is 21.3 Å². The van der Waals surface area contributed by atoms with Gasteiger partial charge in [-0.15, -0.1) is 0 Å². The Balaban J connectivity index is 1.67. The van der Waals surface area contributed by atoms with Gasteiger partial charge in [-0.1, -0.05) is 58.0 Å². The highest BCUT2D eigenvalue weighted by molar-refractivity contribution is 7.86. The maximum Gasteiger partial charge on any atom is 0.296 e. The van der Waals surface area contributed by atoms with Crippen molar-refractivity contribution < 1.29 is 39.9 Å². The minimum absolute atomic E-state index is 0.0454. The Morgan fingerprint density at radius 3 is 1.77 bits per heavy atom. The lowest BCUT2D eigenvalue weighted by molar-refractivity contribution is -0.119. The minimum atomic E-state index is -4.99. The average Bonchev–Trinajstić information content (AvgIpc) is 3.15. The molecule has 0 saturated carbocycles. The molecule has 0 aromatic heterocycles. The molecule has 2 amide bonds. The Labute approximate surface area is 349 Å². The van der Waals surface area contributed by atoms with Crippen LogP contribution in [0.1, 0.15) is 61.1 Å². The zero-order chi connectivity index (χ0) is 44.2. The number of nitrogens with zero attached hydrogens (tertiary/aromatic N) is 1. The van der Waals surface area contributed by atoms with Crippen LogP contribution >= 0.6 is 0 Å². The predicted molar refractivity (Wildman–Crippen MR) is 235 cm³/mol. The van der Waals surface area contributed by atoms with E-state index in [9.17, 15) is 35.5 Å². The lowest BCUT2D eigenvalue weighted by Crippen LogP contribution is -2.19. The lowest BCUT2D eigenvalue weighted by atomic mass is 9.93. The Kier molecular flexibility index (Phi) is 11.9. The molecule has 0 saturated heterocycles. The zero-order valence-electron chi connectivity index (χ0n) is 35.0. The molecular weight excluding hydrogens is 805 g/mol. The van der Waals surface area contributed by atoms with Crippen molar-refractivity contribution in [2.24, 2.45) is 16.8 Å². The molecule has 6 rings (SSSR count). The Hall–Kier alpha value is -5.87. The van der Waals surface area contributed by atoms with Crippen LogP contribution in [0.5, 0.6) is 0 Å². The summed E-state index contributed by atoms with van der Waals surface area (Å²) in [6.45, 7) is 18.3. The third-order valence-corrected chi connectivity index (χ3v) is 12.3. The molecule has 0 radical (unpaired) electrons. The van der Waals surface area contributed by atoms with Crippen molar-refractivity contribution >= 4 is 71.5 Å². The molecule has 1 aliphatic heterocycles. The maximum absolute atomic E-state index is 13.2. The van der Waals surface area contributed by atoms with Crippen LogP contribution in [-0.2, 0) is 29.8 Å². The van der Waals surface area contributed by atoms with Gasteiger partial charge in [0.25, 0.3) is 20.2 Å². The van der Waals surface area contributed by atoms with Crippen molar-refractivity contribution in [3.63, 3.8) is 0 Å². The van der Waals surface area contributed by atoms with Crippen LogP contribution in [0.4, 0.5) is 28.4 Å². The van der Waals surface area contributed by atoms with E-state index in [4.69, 9.17) is 9.41 Å². The zero-order valence-corrected chi connectivity index (χ0v) is 36.7. The standard InChI is InChI=1S/C45H48N4O9S2/c1-22(2)44(50)48-42-26(7)17-24(5)40(28(42)9)46-30-15-16-31-35(19-30)58-36-21-34(47-41-25(6)18-27(8)43(29(41)10)49-45(51)23(3)4)38(60(55,56)57)20-33(36)39(31)32-13-11-12-14-37(32)59(52,53)54/h11-23,46H,1-10H3,(H,48,50)(H,49,51)(H,52,53,54)(H,55,56,57)/b47-34-. The van der Waals surface area contributed by atoms with Crippen molar-refractivity contribution in [2.45, 2.75) is 79.0 Å². The summed E-state index contributed by atoms with van der Waals surface area (Å²) in [5.74, 6) is -0.824. The number of anilines is 4. The summed E-state index contributed by atoms with van der Waals surface area (Å²) >= 11 is 0. The summed E-state index contributed by atoms with van der Waals surface area (Å²) in [6, 6.07) is 17.1. The quantitative estimate of drug-likeness (QED) is 0.0652. The first kappa shape index (κ1) is 43.7. The monoisotopic (exact) mass is 852 g/mol. The van der Waals surface area contributed by atoms with Gasteiger partial charge in [0.15, 0.2) is 0 Å². The predicted octanol–water partition coefficient (Wildman–Crippen LogP) is 9.71. The van der Waals surface area contributed by atoms with Crippen LogP contribution in [0.25, 0.3) is 33.4 Å². The van der Waals surface area contributed by atoms with E-state index in [1.807, 2.05) is 53.7 Å². The molecule has 13 nitrogen and oxygen atoms in total. The number of carbonyl (C=O) groups excluding carboxylic acids is 2. The number of rotatable bonds is 10. The number of aryl methyl sites for hydroxylation is 4. The Bertz CT molecular complexity index is 3020. The van der Waals surface area contributed by atoms with E-state index >= 15 is 0 Å². The van der Waals surface area contributed by atoms with E-state index in [1.54, 1.807) is 52.0 Å². The van der Waals surface area contributed by atoms with Gasteiger partial charge in [-0.05, 0) is 99.2 Å². The first-order valence-corrected chi connectivity index (χ1v) is 22.1. The fourth-order valence-electron chi connectivity index (χ4n) is 7.38. The molecule has 1 aliphatic carbocycles. The molecule has 314 valence electrons. The van der Waals surface area contributed by atoms with Gasteiger partial charge in [0.2, 0.25) is 11.8 Å². The van der Waals surface area contributed by atoms with Crippen LogP contribution in [0.15, 0.2) is 85.9 Å². The summed E-state index contributed by atoms with van der Waals surface area (Å²) in [7, 11) is -9.79. The maximum atomic E-state index is 13.2. The highest BCUT2D eigenvalue weighted by Gasteiger charge is 2.27. The largest absolute Gasteiger partial charge is 0.456 e. The van der Waals surface area contributed by atoms with E-state index < -0.39 is 30.0 Å². The number of amides is 2. The highest BCUT2D eigenvalue weighted by atomic mass is 32.2. The molecule has 0 spiro atoms. The molecule has 0 bridgehead atoms. The highest BCUT2D eigenvalue weighted by Crippen LogP contribution is 2.44. The van der Waals surface area contributed by atoms with Gasteiger partial charge in [0, 0.05) is 68.8 Å². The third kappa shape index (κ3) is 8.57. The molecule has 5 N–H and O–H groups in total. The summed E-state index contributed by atoms with van der Waals surface area (Å²) in [5.41, 5.74) is 8.04. The van der Waals surface area contributed by atoms with Crippen molar-refractivity contribution in [2.75, 3.05) is 16.0 Å². The second-order valence-corrected chi connectivity index (χ2v) is 18.5. The van der Waals surface area contributed by atoms with Gasteiger partial charge in [-0.25, -0.2) is 4.99 Å². The summed E-state index contributed by atoms with van der Waals surface area (Å²) < 4.78 is 79.5. The minimum Gasteiger partial charge on any atom is -0.456 e. The van der Waals surface area contributed by atoms with Gasteiger partial charge in [0.1, 0.15) is 21.1 Å². The summed E-state index contributed by atoms with van der Waals surface area (Å²) in [5, 5.41) is 9.59. The number of carbonyl (C=O) groups is 2. The van der Waals surface area contributed by atoms with E-state index in [-0.39, 0.29) is 57.0 Å². The van der Waals surface area contributed by atoms with E-state index in [1.165, 1.54) is 30.3 Å². The molecule has 0 atom stereocenters. The first-order valence-electron chi connectivity index (χ1n) is 19.2. The van der Waals surface area contributed by atoms with Gasteiger partial charge in [0.05, 0.1) is 11.0 Å². The van der Waals surface area contributed by atoms with E-state index in [0.717, 1.165) is 27.9 Å².